The van der Waals surface area contributed by atoms with Gasteiger partial charge in [0.1, 0.15) is 18.5 Å². The molecule has 1 aliphatic heterocycles. The van der Waals surface area contributed by atoms with Crippen LogP contribution in [0.2, 0.25) is 0 Å². The van der Waals surface area contributed by atoms with Crippen LogP contribution in [-0.2, 0) is 4.74 Å². The number of hydrogen-bond donors (Lipinski definition) is 0. The third-order valence-corrected chi connectivity index (χ3v) is 2.17. The summed E-state index contributed by atoms with van der Waals surface area (Å²) in [7, 11) is 0. The van der Waals surface area contributed by atoms with E-state index in [9.17, 15) is 4.39 Å². The van der Waals surface area contributed by atoms with Crippen LogP contribution in [0.5, 0.6) is 0 Å². The predicted octanol–water partition coefficient (Wildman–Crippen LogP) is 2.23. The summed E-state index contributed by atoms with van der Waals surface area (Å²) in [5.41, 5.74) is 1.96. The highest BCUT2D eigenvalue weighted by Crippen LogP contribution is 2.24. The fourth-order valence-corrected chi connectivity index (χ4v) is 1.43. The third-order valence-electron chi connectivity index (χ3n) is 2.17. The predicted molar refractivity (Wildman–Crippen MR) is 48.3 cm³/mol. The molecule has 68 valence electrons. The van der Waals surface area contributed by atoms with Crippen molar-refractivity contribution in [2.24, 2.45) is 4.99 Å². The molecule has 0 radical (unpaired) electrons. The standard InChI is InChI=1S/C10H10FNO/c1-7-2-3-8(11)4-9(7)10-5-13-6-12-10/h2-4,6,10H,5H2,1H3. The van der Waals surface area contributed by atoms with Gasteiger partial charge in [-0.3, -0.25) is 0 Å². The minimum absolute atomic E-state index is 0.0318. The molecule has 1 aliphatic rings. The summed E-state index contributed by atoms with van der Waals surface area (Å²) in [6.07, 6.45) is 1.43. The lowest BCUT2D eigenvalue weighted by Gasteiger charge is -2.08. The maximum Gasteiger partial charge on any atom is 0.170 e. The lowest BCUT2D eigenvalue weighted by atomic mass is 10.0. The Kier molecular flexibility index (Phi) is 2.00. The Labute approximate surface area is 76.1 Å². The molecule has 0 N–H and O–H groups in total. The molecule has 0 amide bonds. The van der Waals surface area contributed by atoms with Crippen molar-refractivity contribution in [3.8, 4) is 0 Å². The molecule has 0 bridgehead atoms. The van der Waals surface area contributed by atoms with E-state index >= 15 is 0 Å². The highest BCUT2D eigenvalue weighted by molar-refractivity contribution is 5.50. The number of halogens is 1. The van der Waals surface area contributed by atoms with Gasteiger partial charge in [0, 0.05) is 0 Å². The van der Waals surface area contributed by atoms with Crippen molar-refractivity contribution in [2.75, 3.05) is 6.61 Å². The largest absolute Gasteiger partial charge is 0.481 e. The van der Waals surface area contributed by atoms with Crippen LogP contribution in [0.3, 0.4) is 0 Å². The molecule has 1 unspecified atom stereocenters. The smallest absolute Gasteiger partial charge is 0.170 e. The molecule has 2 nitrogen and oxygen atoms in total. The van der Waals surface area contributed by atoms with Gasteiger partial charge in [-0.05, 0) is 30.2 Å². The van der Waals surface area contributed by atoms with Gasteiger partial charge in [0.2, 0.25) is 0 Å². The zero-order chi connectivity index (χ0) is 9.26. The summed E-state index contributed by atoms with van der Waals surface area (Å²) in [5, 5.41) is 0. The van der Waals surface area contributed by atoms with Crippen molar-refractivity contribution < 1.29 is 9.13 Å². The minimum Gasteiger partial charge on any atom is -0.481 e. The Balaban J connectivity index is 2.37. The van der Waals surface area contributed by atoms with Crippen LogP contribution >= 0.6 is 0 Å². The lowest BCUT2D eigenvalue weighted by molar-refractivity contribution is 0.330. The molecule has 13 heavy (non-hydrogen) atoms. The van der Waals surface area contributed by atoms with E-state index in [2.05, 4.69) is 4.99 Å². The second-order valence-electron chi connectivity index (χ2n) is 3.10. The Morgan fingerprint density at radius 1 is 1.54 bits per heavy atom. The Bertz CT molecular complexity index is 349. The summed E-state index contributed by atoms with van der Waals surface area (Å²) in [5.74, 6) is -0.220. The molecular weight excluding hydrogens is 169 g/mol. The molecule has 1 aromatic carbocycles. The van der Waals surface area contributed by atoms with Crippen molar-refractivity contribution >= 4 is 6.40 Å². The molecule has 1 aromatic rings. The van der Waals surface area contributed by atoms with Crippen LogP contribution < -0.4 is 0 Å². The van der Waals surface area contributed by atoms with Crippen LogP contribution in [-0.4, -0.2) is 13.0 Å². The van der Waals surface area contributed by atoms with Gasteiger partial charge in [-0.25, -0.2) is 9.38 Å². The second-order valence-corrected chi connectivity index (χ2v) is 3.10. The molecule has 2 rings (SSSR count). The maximum atomic E-state index is 12.9. The molecule has 0 saturated heterocycles. The van der Waals surface area contributed by atoms with Crippen molar-refractivity contribution in [3.05, 3.63) is 35.1 Å². The molecule has 3 heteroatoms. The van der Waals surface area contributed by atoms with E-state index in [0.717, 1.165) is 11.1 Å². The molecule has 0 saturated carbocycles. The molecular formula is C10H10FNO. The fraction of sp³-hybridized carbons (Fsp3) is 0.300. The molecule has 1 heterocycles. The van der Waals surface area contributed by atoms with E-state index in [-0.39, 0.29) is 11.9 Å². The van der Waals surface area contributed by atoms with Gasteiger partial charge in [-0.15, -0.1) is 0 Å². The summed E-state index contributed by atoms with van der Waals surface area (Å²) in [6, 6.07) is 4.71. The van der Waals surface area contributed by atoms with Gasteiger partial charge in [0.25, 0.3) is 0 Å². The van der Waals surface area contributed by atoms with Crippen molar-refractivity contribution in [3.63, 3.8) is 0 Å². The molecule has 0 aromatic heterocycles. The zero-order valence-electron chi connectivity index (χ0n) is 7.33. The lowest BCUT2D eigenvalue weighted by Crippen LogP contribution is -2.00. The van der Waals surface area contributed by atoms with E-state index in [1.807, 2.05) is 6.92 Å². The average molecular weight is 179 g/mol. The quantitative estimate of drug-likeness (QED) is 0.647. The minimum atomic E-state index is -0.220. The number of ether oxygens (including phenoxy) is 1. The first kappa shape index (κ1) is 8.23. The van der Waals surface area contributed by atoms with Gasteiger partial charge in [-0.1, -0.05) is 6.07 Å². The van der Waals surface area contributed by atoms with Crippen LogP contribution in [0.15, 0.2) is 23.2 Å². The molecule has 0 aliphatic carbocycles. The highest BCUT2D eigenvalue weighted by atomic mass is 19.1. The Morgan fingerprint density at radius 3 is 3.08 bits per heavy atom. The van der Waals surface area contributed by atoms with E-state index < -0.39 is 0 Å². The van der Waals surface area contributed by atoms with Crippen molar-refractivity contribution in [1.29, 1.82) is 0 Å². The van der Waals surface area contributed by atoms with Crippen LogP contribution in [0.1, 0.15) is 17.2 Å². The molecule has 0 fully saturated rings. The molecule has 1 atom stereocenters. The van der Waals surface area contributed by atoms with Crippen LogP contribution in [0.4, 0.5) is 4.39 Å². The van der Waals surface area contributed by atoms with Gasteiger partial charge in [-0.2, -0.15) is 0 Å². The topological polar surface area (TPSA) is 21.6 Å². The first-order valence-electron chi connectivity index (χ1n) is 4.16. The number of nitrogens with zero attached hydrogens (tertiary/aromatic N) is 1. The average Bonchev–Trinajstić information content (AvgIpc) is 2.61. The van der Waals surface area contributed by atoms with Crippen LogP contribution in [0, 0.1) is 12.7 Å². The number of rotatable bonds is 1. The summed E-state index contributed by atoms with van der Waals surface area (Å²) >= 11 is 0. The summed E-state index contributed by atoms with van der Waals surface area (Å²) < 4.78 is 17.9. The number of aliphatic imine (C=N–C) groups is 1. The Morgan fingerprint density at radius 2 is 2.38 bits per heavy atom. The monoisotopic (exact) mass is 179 g/mol. The van der Waals surface area contributed by atoms with E-state index in [4.69, 9.17) is 4.74 Å². The van der Waals surface area contributed by atoms with Gasteiger partial charge in [0.05, 0.1) is 0 Å². The van der Waals surface area contributed by atoms with E-state index in [1.54, 1.807) is 6.07 Å². The van der Waals surface area contributed by atoms with Gasteiger partial charge in [0.15, 0.2) is 6.40 Å². The van der Waals surface area contributed by atoms with E-state index in [0.29, 0.717) is 6.61 Å². The van der Waals surface area contributed by atoms with Gasteiger partial charge < -0.3 is 4.74 Å². The number of hydrogen-bond acceptors (Lipinski definition) is 2. The van der Waals surface area contributed by atoms with Crippen molar-refractivity contribution in [1.82, 2.24) is 0 Å². The van der Waals surface area contributed by atoms with Crippen molar-refractivity contribution in [2.45, 2.75) is 13.0 Å². The summed E-state index contributed by atoms with van der Waals surface area (Å²) in [4.78, 5) is 4.09. The Hall–Kier alpha value is -1.38. The fourth-order valence-electron chi connectivity index (χ4n) is 1.43. The zero-order valence-corrected chi connectivity index (χ0v) is 7.33. The summed E-state index contributed by atoms with van der Waals surface area (Å²) in [6.45, 7) is 2.47. The SMILES string of the molecule is Cc1ccc(F)cc1C1COC=N1. The highest BCUT2D eigenvalue weighted by Gasteiger charge is 2.16. The second kappa shape index (κ2) is 3.17. The van der Waals surface area contributed by atoms with Gasteiger partial charge >= 0.3 is 0 Å². The first-order valence-corrected chi connectivity index (χ1v) is 4.16. The maximum absolute atomic E-state index is 12.9. The van der Waals surface area contributed by atoms with Crippen LogP contribution in [0.25, 0.3) is 0 Å². The van der Waals surface area contributed by atoms with E-state index in [1.165, 1.54) is 18.5 Å². The normalized spacial score (nSPS) is 20.3. The first-order chi connectivity index (χ1) is 6.27. The number of aryl methyl sites for hydroxylation is 1. The molecule has 0 spiro atoms. The number of benzene rings is 1. The third kappa shape index (κ3) is 1.54.